The van der Waals surface area contributed by atoms with Gasteiger partial charge in [0, 0.05) is 44.1 Å². The lowest BCUT2D eigenvalue weighted by Crippen LogP contribution is -2.51. The van der Waals surface area contributed by atoms with Gasteiger partial charge in [0.15, 0.2) is 5.96 Å². The number of imidazole rings is 1. The molecule has 2 N–H and O–H groups in total. The molecule has 166 valence electrons. The van der Waals surface area contributed by atoms with E-state index in [9.17, 15) is 0 Å². The molecule has 6 nitrogen and oxygen atoms in total. The summed E-state index contributed by atoms with van der Waals surface area (Å²) in [6.07, 6.45) is 4.32. The molecule has 1 saturated heterocycles. The van der Waals surface area contributed by atoms with Crippen molar-refractivity contribution in [1.82, 2.24) is 24.9 Å². The molecule has 2 atom stereocenters. The number of piperidine rings is 1. The van der Waals surface area contributed by atoms with Crippen LogP contribution in [0.3, 0.4) is 0 Å². The number of hydrogen-bond donors (Lipinski definition) is 2. The van der Waals surface area contributed by atoms with Crippen LogP contribution in [0.1, 0.15) is 36.7 Å². The van der Waals surface area contributed by atoms with Crippen molar-refractivity contribution in [2.75, 3.05) is 13.6 Å². The van der Waals surface area contributed by atoms with Gasteiger partial charge in [0.2, 0.25) is 0 Å². The minimum absolute atomic E-state index is 0. The number of nitrogens with zero attached hydrogens (tertiary/aromatic N) is 4. The first-order chi connectivity index (χ1) is 14.6. The van der Waals surface area contributed by atoms with Crippen LogP contribution < -0.4 is 10.6 Å². The van der Waals surface area contributed by atoms with E-state index in [-0.39, 0.29) is 24.0 Å². The minimum atomic E-state index is 0. The van der Waals surface area contributed by atoms with Crippen LogP contribution in [0, 0.1) is 6.92 Å². The number of aryl methyl sites for hydroxylation is 1. The number of hydrogen-bond acceptors (Lipinski definition) is 3. The molecule has 3 heterocycles. The fourth-order valence-corrected chi connectivity index (χ4v) is 4.25. The molecule has 1 aliphatic heterocycles. The second-order valence-electron chi connectivity index (χ2n) is 8.22. The average molecular weight is 532 g/mol. The van der Waals surface area contributed by atoms with Crippen LogP contribution in [0.15, 0.2) is 59.7 Å². The fourth-order valence-electron chi connectivity index (χ4n) is 4.25. The number of guanidine groups is 1. The van der Waals surface area contributed by atoms with Gasteiger partial charge in [-0.05, 0) is 44.4 Å². The molecule has 2 unspecified atom stereocenters. The highest BCUT2D eigenvalue weighted by atomic mass is 127. The molecule has 0 aliphatic carbocycles. The molecule has 7 heteroatoms. The van der Waals surface area contributed by atoms with Gasteiger partial charge in [-0.3, -0.25) is 9.89 Å². The molecule has 1 aliphatic rings. The maximum absolute atomic E-state index is 4.70. The van der Waals surface area contributed by atoms with E-state index >= 15 is 0 Å². The van der Waals surface area contributed by atoms with E-state index in [4.69, 9.17) is 4.98 Å². The Hall–Kier alpha value is -2.13. The van der Waals surface area contributed by atoms with Gasteiger partial charge in [-0.2, -0.15) is 0 Å². The summed E-state index contributed by atoms with van der Waals surface area (Å²) in [6.45, 7) is 7.19. The fraction of sp³-hybridized carbons (Fsp3) is 0.417. The molecular formula is C24H33IN6. The van der Waals surface area contributed by atoms with Gasteiger partial charge in [0.25, 0.3) is 0 Å². The molecule has 1 fully saturated rings. The van der Waals surface area contributed by atoms with Crippen molar-refractivity contribution in [1.29, 1.82) is 0 Å². The Morgan fingerprint density at radius 2 is 1.97 bits per heavy atom. The van der Waals surface area contributed by atoms with Crippen LogP contribution in [0.5, 0.6) is 0 Å². The molecule has 31 heavy (non-hydrogen) atoms. The maximum Gasteiger partial charge on any atom is 0.191 e. The summed E-state index contributed by atoms with van der Waals surface area (Å²) in [5, 5.41) is 7.04. The number of aromatic nitrogens is 2. The lowest BCUT2D eigenvalue weighted by Gasteiger charge is -2.38. The third kappa shape index (κ3) is 5.98. The molecule has 0 spiro atoms. The molecule has 0 amide bonds. The molecule has 0 bridgehead atoms. The molecule has 0 radical (unpaired) electrons. The van der Waals surface area contributed by atoms with Gasteiger partial charge in [-0.15, -0.1) is 24.0 Å². The second kappa shape index (κ2) is 10.9. The number of rotatable bonds is 5. The van der Waals surface area contributed by atoms with Crippen molar-refractivity contribution in [2.45, 2.75) is 51.9 Å². The third-order valence-electron chi connectivity index (χ3n) is 5.99. The lowest BCUT2D eigenvalue weighted by atomic mass is 9.97. The molecular weight excluding hydrogens is 499 g/mol. The summed E-state index contributed by atoms with van der Waals surface area (Å²) in [6, 6.07) is 17.9. The normalized spacial score (nSPS) is 19.8. The van der Waals surface area contributed by atoms with Crippen LogP contribution in [0.4, 0.5) is 0 Å². The smallest absolute Gasteiger partial charge is 0.191 e. The molecule has 4 rings (SSSR count). The maximum atomic E-state index is 4.70. The molecule has 2 aromatic heterocycles. The first-order valence-corrected chi connectivity index (χ1v) is 10.8. The number of fused-ring (bicyclic) bond motifs is 1. The zero-order valence-electron chi connectivity index (χ0n) is 18.6. The summed E-state index contributed by atoms with van der Waals surface area (Å²) in [5.41, 5.74) is 4.56. The van der Waals surface area contributed by atoms with E-state index in [0.717, 1.165) is 43.2 Å². The van der Waals surface area contributed by atoms with Crippen molar-refractivity contribution in [3.63, 3.8) is 0 Å². The van der Waals surface area contributed by atoms with Gasteiger partial charge in [0.1, 0.15) is 5.65 Å². The molecule has 0 saturated carbocycles. The topological polar surface area (TPSA) is 57.0 Å². The summed E-state index contributed by atoms with van der Waals surface area (Å²) in [4.78, 5) is 11.7. The van der Waals surface area contributed by atoms with Crippen LogP contribution in [0.2, 0.25) is 0 Å². The zero-order valence-corrected chi connectivity index (χ0v) is 20.9. The predicted octanol–water partition coefficient (Wildman–Crippen LogP) is 3.98. The van der Waals surface area contributed by atoms with Gasteiger partial charge in [-0.25, -0.2) is 4.98 Å². The van der Waals surface area contributed by atoms with Crippen LogP contribution >= 0.6 is 24.0 Å². The molecule has 1 aromatic carbocycles. The van der Waals surface area contributed by atoms with E-state index in [0.29, 0.717) is 18.6 Å². The Morgan fingerprint density at radius 3 is 2.68 bits per heavy atom. The summed E-state index contributed by atoms with van der Waals surface area (Å²) in [7, 11) is 1.83. The Labute approximate surface area is 202 Å². The van der Waals surface area contributed by atoms with Crippen molar-refractivity contribution < 1.29 is 0 Å². The second-order valence-corrected chi connectivity index (χ2v) is 8.22. The number of likely N-dealkylation sites (tertiary alicyclic amines) is 1. The Bertz CT molecular complexity index is 1000. The Kier molecular flexibility index (Phi) is 8.31. The van der Waals surface area contributed by atoms with E-state index in [1.807, 2.05) is 19.2 Å². The zero-order chi connectivity index (χ0) is 20.9. The van der Waals surface area contributed by atoms with Crippen LogP contribution in [0.25, 0.3) is 5.65 Å². The highest BCUT2D eigenvalue weighted by molar-refractivity contribution is 14.0. The van der Waals surface area contributed by atoms with E-state index in [2.05, 4.69) is 81.4 Å². The Morgan fingerprint density at radius 1 is 1.16 bits per heavy atom. The van der Waals surface area contributed by atoms with Crippen molar-refractivity contribution in [2.24, 2.45) is 4.99 Å². The summed E-state index contributed by atoms with van der Waals surface area (Å²) >= 11 is 0. The predicted molar refractivity (Wildman–Crippen MR) is 138 cm³/mol. The number of aliphatic imine (C=N–C) groups is 1. The monoisotopic (exact) mass is 532 g/mol. The van der Waals surface area contributed by atoms with Crippen molar-refractivity contribution in [3.8, 4) is 0 Å². The van der Waals surface area contributed by atoms with Gasteiger partial charge < -0.3 is 15.0 Å². The average Bonchev–Trinajstić information content (AvgIpc) is 3.18. The highest BCUT2D eigenvalue weighted by Gasteiger charge is 2.26. The Balaban J connectivity index is 0.00000272. The van der Waals surface area contributed by atoms with Gasteiger partial charge in [-0.1, -0.05) is 36.4 Å². The summed E-state index contributed by atoms with van der Waals surface area (Å²) < 4.78 is 2.12. The SMILES string of the molecule is CN=C(NCc1cn2c(C)cccc2n1)NC1CCN(Cc2ccccc2)C(C)C1.I. The van der Waals surface area contributed by atoms with Crippen LogP contribution in [-0.2, 0) is 13.1 Å². The summed E-state index contributed by atoms with van der Waals surface area (Å²) in [5.74, 6) is 0.845. The van der Waals surface area contributed by atoms with Crippen molar-refractivity contribution >= 4 is 35.6 Å². The largest absolute Gasteiger partial charge is 0.354 e. The standard InChI is InChI=1S/C24H32N6.HI/c1-18-8-7-11-23-27-22(17-30(18)23)15-26-24(25-3)28-21-12-13-29(19(2)14-21)16-20-9-5-4-6-10-20;/h4-11,17,19,21H,12-16H2,1-3H3,(H2,25,26,28);1H. The van der Waals surface area contributed by atoms with E-state index < -0.39 is 0 Å². The van der Waals surface area contributed by atoms with Gasteiger partial charge in [0.05, 0.1) is 12.2 Å². The number of pyridine rings is 1. The van der Waals surface area contributed by atoms with E-state index in [1.165, 1.54) is 11.3 Å². The first kappa shape index (κ1) is 23.5. The molecule has 3 aromatic rings. The highest BCUT2D eigenvalue weighted by Crippen LogP contribution is 2.20. The number of nitrogens with one attached hydrogen (secondary N) is 2. The van der Waals surface area contributed by atoms with E-state index in [1.54, 1.807) is 0 Å². The number of benzene rings is 1. The van der Waals surface area contributed by atoms with Crippen molar-refractivity contribution in [3.05, 3.63) is 71.7 Å². The lowest BCUT2D eigenvalue weighted by molar-refractivity contribution is 0.134. The first-order valence-electron chi connectivity index (χ1n) is 10.8. The quantitative estimate of drug-likeness (QED) is 0.297. The minimum Gasteiger partial charge on any atom is -0.354 e. The number of halogens is 1. The van der Waals surface area contributed by atoms with Crippen LogP contribution in [-0.4, -0.2) is 45.9 Å². The third-order valence-corrected chi connectivity index (χ3v) is 5.99. The van der Waals surface area contributed by atoms with Gasteiger partial charge >= 0.3 is 0 Å².